The van der Waals surface area contributed by atoms with Gasteiger partial charge in [0, 0.05) is 24.8 Å². The van der Waals surface area contributed by atoms with Crippen LogP contribution in [0.15, 0.2) is 47.3 Å². The first-order valence-electron chi connectivity index (χ1n) is 11.2. The molecule has 1 unspecified atom stereocenters. The highest BCUT2D eigenvalue weighted by atomic mass is 35.5. The van der Waals surface area contributed by atoms with Gasteiger partial charge in [-0.2, -0.15) is 0 Å². The molecule has 7 heteroatoms. The number of hydrogen-bond acceptors (Lipinski definition) is 4. The number of hydrogen-bond donors (Lipinski definition) is 1. The molecule has 1 fully saturated rings. The molecular weight excluding hydrogens is 443 g/mol. The summed E-state index contributed by atoms with van der Waals surface area (Å²) in [6.45, 7) is 5.38. The normalized spacial score (nSPS) is 26.3. The number of aromatic nitrogens is 2. The minimum atomic E-state index is -0.481. The van der Waals surface area contributed by atoms with Crippen LogP contribution in [0.3, 0.4) is 0 Å². The average molecular weight is 471 g/mol. The number of nitrogens with two attached hydrogens (primary N) is 1. The first kappa shape index (κ1) is 21.7. The molecule has 3 atom stereocenters. The molecule has 1 saturated heterocycles. The summed E-state index contributed by atoms with van der Waals surface area (Å²) in [5.41, 5.74) is 10.7. The van der Waals surface area contributed by atoms with Crippen molar-refractivity contribution in [3.63, 3.8) is 0 Å². The van der Waals surface area contributed by atoms with E-state index in [2.05, 4.69) is 29.2 Å². The highest BCUT2D eigenvalue weighted by molar-refractivity contribution is 6.34. The molecule has 2 N–H and O–H groups in total. The van der Waals surface area contributed by atoms with Crippen LogP contribution in [0.1, 0.15) is 41.4 Å². The van der Waals surface area contributed by atoms with E-state index in [0.29, 0.717) is 17.1 Å². The van der Waals surface area contributed by atoms with Crippen LogP contribution >= 0.6 is 23.2 Å². The summed E-state index contributed by atoms with van der Waals surface area (Å²) < 4.78 is 1.60. The molecule has 2 aliphatic carbocycles. The summed E-state index contributed by atoms with van der Waals surface area (Å²) in [6, 6.07) is 8.61. The van der Waals surface area contributed by atoms with Crippen LogP contribution < -0.4 is 16.2 Å². The van der Waals surface area contributed by atoms with Crippen LogP contribution in [-0.4, -0.2) is 33.4 Å². The Hall–Kier alpha value is -2.08. The van der Waals surface area contributed by atoms with Crippen LogP contribution in [0.5, 0.6) is 0 Å². The molecule has 0 radical (unpaired) electrons. The van der Waals surface area contributed by atoms with Crippen LogP contribution in [0.2, 0.25) is 0 Å². The van der Waals surface area contributed by atoms with Crippen molar-refractivity contribution in [3.05, 3.63) is 75.4 Å². The Labute approximate surface area is 198 Å². The van der Waals surface area contributed by atoms with E-state index in [4.69, 9.17) is 33.9 Å². The highest BCUT2D eigenvalue weighted by Crippen LogP contribution is 2.51. The summed E-state index contributed by atoms with van der Waals surface area (Å²) in [6.07, 6.45) is 8.51. The molecule has 0 bridgehead atoms. The number of rotatable bonds is 2. The summed E-state index contributed by atoms with van der Waals surface area (Å²) in [4.78, 5) is 20.5. The third-order valence-corrected chi connectivity index (χ3v) is 8.51. The van der Waals surface area contributed by atoms with Crippen LogP contribution in [0, 0.1) is 19.3 Å². The van der Waals surface area contributed by atoms with Gasteiger partial charge in [-0.3, -0.25) is 9.36 Å². The topological polar surface area (TPSA) is 64.2 Å². The Kier molecular flexibility index (Phi) is 5.47. The third-order valence-electron chi connectivity index (χ3n) is 7.48. The number of halogens is 2. The molecule has 2 heterocycles. The van der Waals surface area contributed by atoms with Gasteiger partial charge in [-0.25, -0.2) is 4.98 Å². The van der Waals surface area contributed by atoms with Crippen molar-refractivity contribution < 1.29 is 0 Å². The van der Waals surface area contributed by atoms with Gasteiger partial charge in [0.05, 0.1) is 16.3 Å². The SMILES string of the molecule is Cc1c(N2CCC3(CC2)Cc2ccccc2[C@@H]3N)nc(C)n(C2=CC=C[C@H](Cl)C2Cl)c1=O. The molecule has 2 aromatic rings. The van der Waals surface area contributed by atoms with Crippen molar-refractivity contribution in [2.75, 3.05) is 18.0 Å². The maximum atomic E-state index is 13.4. The Morgan fingerprint density at radius 1 is 1.16 bits per heavy atom. The van der Waals surface area contributed by atoms with E-state index in [9.17, 15) is 4.79 Å². The quantitative estimate of drug-likeness (QED) is 0.663. The van der Waals surface area contributed by atoms with Crippen LogP contribution in [0.25, 0.3) is 5.70 Å². The number of anilines is 1. The van der Waals surface area contributed by atoms with Gasteiger partial charge >= 0.3 is 0 Å². The highest BCUT2D eigenvalue weighted by Gasteiger charge is 2.46. The van der Waals surface area contributed by atoms with E-state index in [0.717, 1.165) is 38.2 Å². The summed E-state index contributed by atoms with van der Waals surface area (Å²) in [7, 11) is 0. The van der Waals surface area contributed by atoms with Gasteiger partial charge in [-0.05, 0) is 55.7 Å². The van der Waals surface area contributed by atoms with Gasteiger partial charge in [0.25, 0.3) is 5.56 Å². The number of aryl methyl sites for hydroxylation is 1. The van der Waals surface area contributed by atoms with Crippen molar-refractivity contribution in [2.45, 2.75) is 49.9 Å². The molecule has 5 rings (SSSR count). The third kappa shape index (κ3) is 3.33. The van der Waals surface area contributed by atoms with Crippen molar-refractivity contribution in [3.8, 4) is 0 Å². The lowest BCUT2D eigenvalue weighted by molar-refractivity contribution is 0.187. The number of piperidine rings is 1. The second kappa shape index (κ2) is 8.05. The van der Waals surface area contributed by atoms with Gasteiger partial charge in [0.1, 0.15) is 11.6 Å². The van der Waals surface area contributed by atoms with Gasteiger partial charge in [0.15, 0.2) is 0 Å². The monoisotopic (exact) mass is 470 g/mol. The Bertz CT molecular complexity index is 1180. The van der Waals surface area contributed by atoms with E-state index in [1.54, 1.807) is 4.57 Å². The number of benzene rings is 1. The standard InChI is InChI=1S/C25H28Cl2N4O/c1-15-23(29-16(2)31(24(15)32)20-9-5-8-19(26)21(20)27)30-12-10-25(11-13-30)14-17-6-3-4-7-18(17)22(25)28/h3-9,19,21-22H,10-14,28H2,1-2H3/t19-,21?,22-/m0/s1. The van der Waals surface area contributed by atoms with Crippen LogP contribution in [-0.2, 0) is 6.42 Å². The molecule has 3 aliphatic rings. The van der Waals surface area contributed by atoms with E-state index in [1.165, 1.54) is 11.1 Å². The minimum absolute atomic E-state index is 0.0695. The molecule has 1 aliphatic heterocycles. The Morgan fingerprint density at radius 3 is 2.59 bits per heavy atom. The molecule has 32 heavy (non-hydrogen) atoms. The molecular formula is C25H28Cl2N4O. The van der Waals surface area contributed by atoms with Crippen molar-refractivity contribution in [2.24, 2.45) is 11.1 Å². The second-order valence-corrected chi connectivity index (χ2v) is 10.2. The molecule has 1 spiro atoms. The van der Waals surface area contributed by atoms with Gasteiger partial charge in [0.2, 0.25) is 0 Å². The molecule has 1 aromatic carbocycles. The Morgan fingerprint density at radius 2 is 1.88 bits per heavy atom. The predicted molar refractivity (Wildman–Crippen MR) is 132 cm³/mol. The zero-order chi connectivity index (χ0) is 22.6. The minimum Gasteiger partial charge on any atom is -0.356 e. The molecule has 0 saturated carbocycles. The predicted octanol–water partition coefficient (Wildman–Crippen LogP) is 4.33. The Balaban J connectivity index is 1.41. The average Bonchev–Trinajstić information content (AvgIpc) is 3.06. The number of fused-ring (bicyclic) bond motifs is 1. The zero-order valence-electron chi connectivity index (χ0n) is 18.4. The van der Waals surface area contributed by atoms with E-state index in [1.807, 2.05) is 32.1 Å². The molecule has 5 nitrogen and oxygen atoms in total. The lowest BCUT2D eigenvalue weighted by Gasteiger charge is -2.43. The molecule has 0 amide bonds. The fraction of sp³-hybridized carbons (Fsp3) is 0.440. The van der Waals surface area contributed by atoms with Gasteiger partial charge < -0.3 is 10.6 Å². The summed E-state index contributed by atoms with van der Waals surface area (Å²) in [5, 5.41) is -0.841. The smallest absolute Gasteiger partial charge is 0.262 e. The van der Waals surface area contributed by atoms with Crippen molar-refractivity contribution in [1.82, 2.24) is 9.55 Å². The van der Waals surface area contributed by atoms with Crippen molar-refractivity contribution >= 4 is 34.7 Å². The number of allylic oxidation sites excluding steroid dienone is 4. The van der Waals surface area contributed by atoms with Crippen LogP contribution in [0.4, 0.5) is 5.82 Å². The van der Waals surface area contributed by atoms with Crippen molar-refractivity contribution in [1.29, 1.82) is 0 Å². The first-order valence-corrected chi connectivity index (χ1v) is 12.1. The lowest BCUT2D eigenvalue weighted by atomic mass is 9.73. The fourth-order valence-electron chi connectivity index (χ4n) is 5.59. The molecule has 168 valence electrons. The van der Waals surface area contributed by atoms with E-state index in [-0.39, 0.29) is 22.4 Å². The second-order valence-electron chi connectivity index (χ2n) is 9.27. The first-order chi connectivity index (χ1) is 15.3. The summed E-state index contributed by atoms with van der Waals surface area (Å²) >= 11 is 12.8. The number of nitrogens with zero attached hydrogens (tertiary/aromatic N) is 3. The fourth-order valence-corrected chi connectivity index (χ4v) is 6.06. The maximum absolute atomic E-state index is 13.4. The number of alkyl halides is 2. The van der Waals surface area contributed by atoms with E-state index >= 15 is 0 Å². The lowest BCUT2D eigenvalue weighted by Crippen LogP contribution is -2.45. The van der Waals surface area contributed by atoms with Gasteiger partial charge in [-0.1, -0.05) is 36.4 Å². The van der Waals surface area contributed by atoms with Gasteiger partial charge in [-0.15, -0.1) is 23.2 Å². The van der Waals surface area contributed by atoms with E-state index < -0.39 is 5.38 Å². The summed E-state index contributed by atoms with van der Waals surface area (Å²) in [5.74, 6) is 1.39. The molecule has 1 aromatic heterocycles. The maximum Gasteiger partial charge on any atom is 0.262 e. The largest absolute Gasteiger partial charge is 0.356 e. The zero-order valence-corrected chi connectivity index (χ0v) is 19.9.